The second kappa shape index (κ2) is 7.47. The van der Waals surface area contributed by atoms with Gasteiger partial charge in [0.05, 0.1) is 24.7 Å². The van der Waals surface area contributed by atoms with Crippen LogP contribution in [0, 0.1) is 6.92 Å². The Bertz CT molecular complexity index is 1290. The lowest BCUT2D eigenvalue weighted by molar-refractivity contribution is -0.138. The minimum atomic E-state index is -4.43. The van der Waals surface area contributed by atoms with Crippen molar-refractivity contribution in [2.24, 2.45) is 0 Å². The van der Waals surface area contributed by atoms with Crippen molar-refractivity contribution in [3.05, 3.63) is 71.6 Å². The molecule has 0 radical (unpaired) electrons. The second-order valence-electron chi connectivity index (χ2n) is 7.59. The first-order chi connectivity index (χ1) is 15.3. The first-order valence-electron chi connectivity index (χ1n) is 10.0. The molecule has 1 aliphatic heterocycles. The largest absolute Gasteiger partial charge is 0.479 e. The maximum absolute atomic E-state index is 13.5. The first kappa shape index (κ1) is 20.2. The lowest BCUT2D eigenvalue weighted by Gasteiger charge is -2.16. The predicted octanol–water partition coefficient (Wildman–Crippen LogP) is 4.40. The maximum Gasteiger partial charge on any atom is 0.416 e. The molecule has 3 aromatic heterocycles. The highest BCUT2D eigenvalue weighted by Crippen LogP contribution is 2.41. The van der Waals surface area contributed by atoms with Gasteiger partial charge in [-0.05, 0) is 37.1 Å². The van der Waals surface area contributed by atoms with Crippen molar-refractivity contribution in [3.63, 3.8) is 0 Å². The van der Waals surface area contributed by atoms with Crippen LogP contribution in [0.25, 0.3) is 17.2 Å². The number of hydrogen-bond acceptors (Lipinski definition) is 5. The molecule has 1 unspecified atom stereocenters. The van der Waals surface area contributed by atoms with Crippen LogP contribution in [0.5, 0.6) is 5.88 Å². The molecule has 1 aromatic carbocycles. The number of pyridine rings is 1. The molecule has 7 nitrogen and oxygen atoms in total. The molecule has 0 saturated heterocycles. The van der Waals surface area contributed by atoms with Gasteiger partial charge in [0.1, 0.15) is 17.2 Å². The molecule has 0 bridgehead atoms. The number of imidazole rings is 1. The number of rotatable bonds is 4. The molecule has 0 fully saturated rings. The summed E-state index contributed by atoms with van der Waals surface area (Å²) in [5, 5.41) is 4.50. The van der Waals surface area contributed by atoms with E-state index in [0.717, 1.165) is 11.8 Å². The molecule has 4 aromatic rings. The third kappa shape index (κ3) is 3.41. The smallest absolute Gasteiger partial charge is 0.416 e. The van der Waals surface area contributed by atoms with E-state index < -0.39 is 17.7 Å². The highest BCUT2D eigenvalue weighted by atomic mass is 19.4. The highest BCUT2D eigenvalue weighted by molar-refractivity contribution is 5.56. The van der Waals surface area contributed by atoms with Crippen LogP contribution in [0.1, 0.15) is 35.0 Å². The van der Waals surface area contributed by atoms with Crippen molar-refractivity contribution in [1.29, 1.82) is 0 Å². The molecule has 5 rings (SSSR count). The highest BCUT2D eigenvalue weighted by Gasteiger charge is 2.38. The van der Waals surface area contributed by atoms with E-state index in [0.29, 0.717) is 41.9 Å². The number of benzene rings is 1. The average molecular weight is 440 g/mol. The number of methoxy groups -OCH3 is 1. The fourth-order valence-corrected chi connectivity index (χ4v) is 4.08. The number of fused-ring (bicyclic) bond motifs is 1. The lowest BCUT2D eigenvalue weighted by Crippen LogP contribution is -2.12. The SMILES string of the molecule is COc1nc(-c2nc3n(n2)CCC3c2ccccc2C(F)(F)F)ccc1-n1cnc(C)c1. The molecular weight excluding hydrogens is 421 g/mol. The number of aromatic nitrogens is 6. The molecule has 0 N–H and O–H groups in total. The number of ether oxygens (including phenoxy) is 1. The van der Waals surface area contributed by atoms with Crippen molar-refractivity contribution < 1.29 is 17.9 Å². The summed E-state index contributed by atoms with van der Waals surface area (Å²) >= 11 is 0. The number of halogens is 3. The van der Waals surface area contributed by atoms with E-state index >= 15 is 0 Å². The molecule has 10 heteroatoms. The van der Waals surface area contributed by atoms with Crippen molar-refractivity contribution in [1.82, 2.24) is 29.3 Å². The summed E-state index contributed by atoms with van der Waals surface area (Å²) in [6.45, 7) is 2.37. The van der Waals surface area contributed by atoms with Crippen molar-refractivity contribution in [2.75, 3.05) is 7.11 Å². The van der Waals surface area contributed by atoms with Gasteiger partial charge in [-0.15, -0.1) is 5.10 Å². The van der Waals surface area contributed by atoms with Gasteiger partial charge in [0, 0.05) is 18.7 Å². The first-order valence-corrected chi connectivity index (χ1v) is 10.0. The maximum atomic E-state index is 13.5. The van der Waals surface area contributed by atoms with Gasteiger partial charge in [-0.3, -0.25) is 0 Å². The van der Waals surface area contributed by atoms with Crippen LogP contribution in [0.2, 0.25) is 0 Å². The topological polar surface area (TPSA) is 70.7 Å². The van der Waals surface area contributed by atoms with E-state index in [4.69, 9.17) is 4.74 Å². The van der Waals surface area contributed by atoms with Crippen molar-refractivity contribution in [3.8, 4) is 23.1 Å². The number of alkyl halides is 3. The Labute approximate surface area is 181 Å². The monoisotopic (exact) mass is 440 g/mol. The van der Waals surface area contributed by atoms with E-state index in [1.54, 1.807) is 27.7 Å². The standard InChI is InChI=1S/C22H19F3N6O/c1-13-11-30(12-26-13)18-8-7-17(27-21(18)32-2)19-28-20-15(9-10-31(20)29-19)14-5-3-4-6-16(14)22(23,24)25/h3-8,11-12,15H,9-10H2,1-2H3. The summed E-state index contributed by atoms with van der Waals surface area (Å²) in [4.78, 5) is 13.3. The van der Waals surface area contributed by atoms with E-state index in [-0.39, 0.29) is 5.56 Å². The van der Waals surface area contributed by atoms with Crippen LogP contribution < -0.4 is 4.74 Å². The molecule has 32 heavy (non-hydrogen) atoms. The van der Waals surface area contributed by atoms with Crippen LogP contribution >= 0.6 is 0 Å². The van der Waals surface area contributed by atoms with Gasteiger partial charge >= 0.3 is 6.18 Å². The third-order valence-electron chi connectivity index (χ3n) is 5.54. The minimum Gasteiger partial charge on any atom is -0.479 e. The minimum absolute atomic E-state index is 0.217. The molecule has 1 atom stereocenters. The van der Waals surface area contributed by atoms with Gasteiger partial charge in [-0.25, -0.2) is 19.6 Å². The quantitative estimate of drug-likeness (QED) is 0.471. The van der Waals surface area contributed by atoms with Crippen LogP contribution in [-0.4, -0.2) is 36.4 Å². The number of aryl methyl sites for hydroxylation is 2. The summed E-state index contributed by atoms with van der Waals surface area (Å²) in [5.41, 5.74) is 1.62. The molecule has 0 aliphatic carbocycles. The Morgan fingerprint density at radius 3 is 2.62 bits per heavy atom. The van der Waals surface area contributed by atoms with Gasteiger partial charge in [0.25, 0.3) is 0 Å². The zero-order valence-electron chi connectivity index (χ0n) is 17.3. The Balaban J connectivity index is 1.52. The molecule has 164 valence electrons. The predicted molar refractivity (Wildman–Crippen MR) is 110 cm³/mol. The van der Waals surface area contributed by atoms with E-state index in [1.807, 2.05) is 19.2 Å². The van der Waals surface area contributed by atoms with E-state index in [2.05, 4.69) is 20.1 Å². The molecule has 0 spiro atoms. The molecule has 1 aliphatic rings. The van der Waals surface area contributed by atoms with Crippen LogP contribution in [-0.2, 0) is 12.7 Å². The van der Waals surface area contributed by atoms with E-state index in [9.17, 15) is 13.2 Å². The summed E-state index contributed by atoms with van der Waals surface area (Å²) in [6, 6.07) is 9.23. The summed E-state index contributed by atoms with van der Waals surface area (Å²) in [7, 11) is 1.52. The number of hydrogen-bond donors (Lipinski definition) is 0. The molecule has 0 saturated carbocycles. The zero-order chi connectivity index (χ0) is 22.5. The fraction of sp³-hybridized carbons (Fsp3) is 0.273. The van der Waals surface area contributed by atoms with Crippen LogP contribution in [0.15, 0.2) is 48.9 Å². The molecule has 0 amide bonds. The average Bonchev–Trinajstić information content (AvgIpc) is 3.48. The third-order valence-corrected chi connectivity index (χ3v) is 5.54. The normalized spacial score (nSPS) is 15.7. The second-order valence-corrected chi connectivity index (χ2v) is 7.59. The van der Waals surface area contributed by atoms with Gasteiger partial charge in [0.2, 0.25) is 5.88 Å². The summed E-state index contributed by atoms with van der Waals surface area (Å²) in [6.07, 6.45) is -0.395. The summed E-state index contributed by atoms with van der Waals surface area (Å²) in [5.74, 6) is 0.741. The van der Waals surface area contributed by atoms with E-state index in [1.165, 1.54) is 19.2 Å². The zero-order valence-corrected chi connectivity index (χ0v) is 17.3. The lowest BCUT2D eigenvalue weighted by atomic mass is 9.92. The Kier molecular flexibility index (Phi) is 4.72. The fourth-order valence-electron chi connectivity index (χ4n) is 4.08. The van der Waals surface area contributed by atoms with Crippen LogP contribution in [0.4, 0.5) is 13.2 Å². The van der Waals surface area contributed by atoms with Gasteiger partial charge < -0.3 is 9.30 Å². The van der Waals surface area contributed by atoms with Crippen LogP contribution in [0.3, 0.4) is 0 Å². The number of nitrogens with zero attached hydrogens (tertiary/aromatic N) is 6. The Morgan fingerprint density at radius 2 is 1.91 bits per heavy atom. The molecular formula is C22H19F3N6O. The van der Waals surface area contributed by atoms with Gasteiger partial charge in [-0.1, -0.05) is 18.2 Å². The molecule has 4 heterocycles. The summed E-state index contributed by atoms with van der Waals surface area (Å²) < 4.78 is 49.5. The van der Waals surface area contributed by atoms with Gasteiger partial charge in [-0.2, -0.15) is 13.2 Å². The Morgan fingerprint density at radius 1 is 1.09 bits per heavy atom. The Hall–Kier alpha value is -3.69. The van der Waals surface area contributed by atoms with Crippen molar-refractivity contribution >= 4 is 0 Å². The van der Waals surface area contributed by atoms with Gasteiger partial charge in [0.15, 0.2) is 5.82 Å². The van der Waals surface area contributed by atoms with Crippen molar-refractivity contribution in [2.45, 2.75) is 32.0 Å².